The topological polar surface area (TPSA) is 69.6 Å². The average Bonchev–Trinajstić information content (AvgIpc) is 2.57. The Morgan fingerprint density at radius 1 is 1.47 bits per heavy atom. The van der Waals surface area contributed by atoms with Gasteiger partial charge >= 0.3 is 0 Å². The first-order chi connectivity index (χ1) is 8.02. The predicted octanol–water partition coefficient (Wildman–Crippen LogP) is 1.57. The fourth-order valence-corrected chi connectivity index (χ4v) is 1.76. The summed E-state index contributed by atoms with van der Waals surface area (Å²) in [5.74, 6) is 0.542. The van der Waals surface area contributed by atoms with Gasteiger partial charge in [-0.25, -0.2) is 14.6 Å². The molecule has 2 aromatic rings. The van der Waals surface area contributed by atoms with Gasteiger partial charge in [-0.15, -0.1) is 0 Å². The number of hydrogen-bond donors (Lipinski definition) is 1. The molecule has 0 saturated heterocycles. The minimum absolute atomic E-state index is 0.226. The molecule has 0 amide bonds. The third-order valence-corrected chi connectivity index (χ3v) is 3.13. The molecule has 0 saturated carbocycles. The summed E-state index contributed by atoms with van der Waals surface area (Å²) in [6.45, 7) is 3.68. The molecule has 17 heavy (non-hydrogen) atoms. The third kappa shape index (κ3) is 2.01. The molecule has 0 unspecified atom stereocenters. The molecule has 0 aliphatic carbocycles. The number of thiocarbonyl (C=S) groups is 1. The van der Waals surface area contributed by atoms with E-state index in [-0.39, 0.29) is 4.99 Å². The number of nitrogens with zero attached hydrogens (tertiary/aromatic N) is 4. The van der Waals surface area contributed by atoms with Crippen LogP contribution in [0.1, 0.15) is 17.0 Å². The second-order valence-corrected chi connectivity index (χ2v) is 4.34. The quantitative estimate of drug-likeness (QED) is 0.837. The monoisotopic (exact) mass is 267 g/mol. The number of nitrogens with two attached hydrogens (primary N) is 1. The summed E-state index contributed by atoms with van der Waals surface area (Å²) < 4.78 is 1.62. The van der Waals surface area contributed by atoms with E-state index in [4.69, 9.17) is 29.6 Å². The summed E-state index contributed by atoms with van der Waals surface area (Å²) in [5.41, 5.74) is 7.72. The van der Waals surface area contributed by atoms with Crippen LogP contribution in [0.25, 0.3) is 5.82 Å². The molecule has 0 aromatic carbocycles. The van der Waals surface area contributed by atoms with Crippen LogP contribution in [0.5, 0.6) is 0 Å². The fourth-order valence-electron chi connectivity index (χ4n) is 1.50. The largest absolute Gasteiger partial charge is 0.389 e. The molecule has 0 fully saturated rings. The smallest absolute Gasteiger partial charge is 0.167 e. The van der Waals surface area contributed by atoms with E-state index >= 15 is 0 Å². The zero-order valence-electron chi connectivity index (χ0n) is 9.31. The van der Waals surface area contributed by atoms with Crippen molar-refractivity contribution in [2.24, 2.45) is 5.73 Å². The lowest BCUT2D eigenvalue weighted by Crippen LogP contribution is -2.16. The van der Waals surface area contributed by atoms with Crippen LogP contribution in [-0.2, 0) is 0 Å². The van der Waals surface area contributed by atoms with Crippen molar-refractivity contribution in [2.45, 2.75) is 13.8 Å². The maximum atomic E-state index is 6.09. The lowest BCUT2D eigenvalue weighted by molar-refractivity contribution is 0.798. The normalized spacial score (nSPS) is 10.5. The minimum atomic E-state index is 0.226. The van der Waals surface area contributed by atoms with Crippen LogP contribution in [0.4, 0.5) is 0 Å². The first kappa shape index (κ1) is 11.9. The highest BCUT2D eigenvalue weighted by atomic mass is 35.5. The van der Waals surface area contributed by atoms with E-state index in [0.29, 0.717) is 16.4 Å². The van der Waals surface area contributed by atoms with Gasteiger partial charge in [-0.2, -0.15) is 5.10 Å². The first-order valence-corrected chi connectivity index (χ1v) is 5.63. The first-order valence-electron chi connectivity index (χ1n) is 4.84. The molecule has 2 aromatic heterocycles. The second kappa shape index (κ2) is 4.38. The van der Waals surface area contributed by atoms with E-state index < -0.39 is 0 Å². The number of hydrogen-bond acceptors (Lipinski definition) is 4. The zero-order valence-corrected chi connectivity index (χ0v) is 10.9. The van der Waals surface area contributed by atoms with Gasteiger partial charge in [0, 0.05) is 6.20 Å². The molecular weight excluding hydrogens is 258 g/mol. The van der Waals surface area contributed by atoms with Gasteiger partial charge in [0.1, 0.15) is 11.3 Å². The van der Waals surface area contributed by atoms with Crippen LogP contribution in [-0.4, -0.2) is 24.7 Å². The Labute approximate surface area is 109 Å². The van der Waals surface area contributed by atoms with Crippen molar-refractivity contribution in [2.75, 3.05) is 0 Å². The highest BCUT2D eigenvalue weighted by Gasteiger charge is 2.15. The summed E-state index contributed by atoms with van der Waals surface area (Å²) in [7, 11) is 0. The van der Waals surface area contributed by atoms with Gasteiger partial charge in [-0.05, 0) is 13.8 Å². The van der Waals surface area contributed by atoms with Crippen molar-refractivity contribution < 1.29 is 0 Å². The molecule has 2 heterocycles. The highest BCUT2D eigenvalue weighted by Crippen LogP contribution is 2.22. The Bertz CT molecular complexity index is 592. The lowest BCUT2D eigenvalue weighted by atomic mass is 10.3. The number of aryl methyl sites for hydroxylation is 1. The summed E-state index contributed by atoms with van der Waals surface area (Å²) in [6.07, 6.45) is 2.98. The summed E-state index contributed by atoms with van der Waals surface area (Å²) >= 11 is 11.0. The number of halogens is 1. The summed E-state index contributed by atoms with van der Waals surface area (Å²) in [4.78, 5) is 8.27. The van der Waals surface area contributed by atoms with Crippen molar-refractivity contribution in [3.05, 3.63) is 34.5 Å². The van der Waals surface area contributed by atoms with Crippen LogP contribution >= 0.6 is 23.8 Å². The molecule has 2 rings (SSSR count). The number of aromatic nitrogens is 4. The van der Waals surface area contributed by atoms with E-state index in [1.165, 1.54) is 6.33 Å². The molecule has 0 aliphatic heterocycles. The van der Waals surface area contributed by atoms with Gasteiger partial charge in [0.25, 0.3) is 0 Å². The predicted molar refractivity (Wildman–Crippen MR) is 69.5 cm³/mol. The highest BCUT2D eigenvalue weighted by molar-refractivity contribution is 7.80. The maximum absolute atomic E-state index is 6.09. The van der Waals surface area contributed by atoms with Gasteiger partial charge in [0.15, 0.2) is 5.82 Å². The summed E-state index contributed by atoms with van der Waals surface area (Å²) in [5, 5.41) is 4.91. The van der Waals surface area contributed by atoms with E-state index in [0.717, 1.165) is 11.4 Å². The molecular formula is C10H10ClN5S. The van der Waals surface area contributed by atoms with Crippen LogP contribution in [0.3, 0.4) is 0 Å². The average molecular weight is 268 g/mol. The third-order valence-electron chi connectivity index (χ3n) is 2.36. The Hall–Kier alpha value is -1.53. The fraction of sp³-hybridized carbons (Fsp3) is 0.200. The van der Waals surface area contributed by atoms with E-state index in [1.54, 1.807) is 10.9 Å². The van der Waals surface area contributed by atoms with E-state index in [2.05, 4.69) is 15.1 Å². The molecule has 0 radical (unpaired) electrons. The Kier molecular flexibility index (Phi) is 3.08. The van der Waals surface area contributed by atoms with Gasteiger partial charge in [-0.1, -0.05) is 23.8 Å². The van der Waals surface area contributed by atoms with Crippen LogP contribution in [0.15, 0.2) is 12.5 Å². The summed E-state index contributed by atoms with van der Waals surface area (Å²) in [6, 6.07) is 0. The molecule has 0 aliphatic rings. The molecule has 0 atom stereocenters. The second-order valence-electron chi connectivity index (χ2n) is 3.52. The standard InChI is InChI=1S/C10H10ClN5S/c1-5-8(11)6(2)16(15-5)10-7(9(12)17)3-13-4-14-10/h3-4H,1-2H3,(H2,12,17). The van der Waals surface area contributed by atoms with E-state index in [1.807, 2.05) is 13.8 Å². The maximum Gasteiger partial charge on any atom is 0.167 e. The lowest BCUT2D eigenvalue weighted by Gasteiger charge is -2.07. The van der Waals surface area contributed by atoms with Gasteiger partial charge < -0.3 is 5.73 Å². The Morgan fingerprint density at radius 2 is 2.18 bits per heavy atom. The molecule has 0 spiro atoms. The Balaban J connectivity index is 2.68. The SMILES string of the molecule is Cc1nn(-c2ncncc2C(N)=S)c(C)c1Cl. The van der Waals surface area contributed by atoms with Crippen molar-refractivity contribution in [1.82, 2.24) is 19.7 Å². The van der Waals surface area contributed by atoms with Crippen molar-refractivity contribution >= 4 is 28.8 Å². The van der Waals surface area contributed by atoms with Gasteiger partial charge in [-0.3, -0.25) is 0 Å². The van der Waals surface area contributed by atoms with E-state index in [9.17, 15) is 0 Å². The van der Waals surface area contributed by atoms with Crippen molar-refractivity contribution in [3.8, 4) is 5.82 Å². The molecule has 0 bridgehead atoms. The van der Waals surface area contributed by atoms with Crippen molar-refractivity contribution in [3.63, 3.8) is 0 Å². The van der Waals surface area contributed by atoms with Crippen LogP contribution in [0.2, 0.25) is 5.02 Å². The van der Waals surface area contributed by atoms with Crippen LogP contribution in [0, 0.1) is 13.8 Å². The van der Waals surface area contributed by atoms with Crippen molar-refractivity contribution in [1.29, 1.82) is 0 Å². The van der Waals surface area contributed by atoms with Gasteiger partial charge in [0.2, 0.25) is 0 Å². The van der Waals surface area contributed by atoms with Gasteiger partial charge in [0.05, 0.1) is 22.0 Å². The zero-order chi connectivity index (χ0) is 12.6. The molecule has 88 valence electrons. The minimum Gasteiger partial charge on any atom is -0.389 e. The Morgan fingerprint density at radius 3 is 2.71 bits per heavy atom. The molecule has 7 heteroatoms. The molecule has 2 N–H and O–H groups in total. The van der Waals surface area contributed by atoms with Crippen LogP contribution < -0.4 is 5.73 Å². The molecule has 5 nitrogen and oxygen atoms in total. The number of rotatable bonds is 2.